The predicted octanol–water partition coefficient (Wildman–Crippen LogP) is 2.32. The van der Waals surface area contributed by atoms with Crippen LogP contribution in [0.5, 0.6) is 0 Å². The smallest absolute Gasteiger partial charge is 0.222 e. The molecule has 0 aliphatic carbocycles. The quantitative estimate of drug-likeness (QED) is 0.830. The van der Waals surface area contributed by atoms with Gasteiger partial charge >= 0.3 is 0 Å². The number of furan rings is 1. The highest BCUT2D eigenvalue weighted by molar-refractivity contribution is 5.49. The Labute approximate surface area is 148 Å². The van der Waals surface area contributed by atoms with Crippen molar-refractivity contribution in [3.05, 3.63) is 34.9 Å². The number of aromatic nitrogens is 2. The van der Waals surface area contributed by atoms with Gasteiger partial charge in [0.05, 0.1) is 19.3 Å². The standard InChI is InChI=1S/C18H27N5O2/c1-4-14-13(3)21-18(19)22-17(14)20-11-15(16-6-5-12(2)25-16)23-7-9-24-10-8-23/h5-6,15H,4,7-11H2,1-3H3,(H3,19,20,21,22)/t15-/m1/s1. The van der Waals surface area contributed by atoms with Crippen LogP contribution in [0.2, 0.25) is 0 Å². The Morgan fingerprint density at radius 3 is 2.64 bits per heavy atom. The van der Waals surface area contributed by atoms with Gasteiger partial charge in [-0.2, -0.15) is 4.98 Å². The Hall–Kier alpha value is -2.12. The summed E-state index contributed by atoms with van der Waals surface area (Å²) in [5.74, 6) is 3.00. The second-order valence-electron chi connectivity index (χ2n) is 6.34. The number of hydrogen-bond acceptors (Lipinski definition) is 7. The maximum Gasteiger partial charge on any atom is 0.222 e. The molecule has 1 saturated heterocycles. The monoisotopic (exact) mass is 345 g/mol. The van der Waals surface area contributed by atoms with E-state index in [4.69, 9.17) is 14.9 Å². The van der Waals surface area contributed by atoms with Crippen molar-refractivity contribution in [2.24, 2.45) is 0 Å². The number of aryl methyl sites for hydroxylation is 2. The molecule has 0 unspecified atom stereocenters. The molecule has 7 nitrogen and oxygen atoms in total. The average molecular weight is 345 g/mol. The molecule has 1 fully saturated rings. The molecule has 25 heavy (non-hydrogen) atoms. The lowest BCUT2D eigenvalue weighted by Crippen LogP contribution is -2.41. The lowest BCUT2D eigenvalue weighted by Gasteiger charge is -2.33. The Bertz CT molecular complexity index is 709. The summed E-state index contributed by atoms with van der Waals surface area (Å²) in [6.45, 7) is 9.99. The number of ether oxygens (including phenoxy) is 1. The summed E-state index contributed by atoms with van der Waals surface area (Å²) < 4.78 is 11.4. The zero-order chi connectivity index (χ0) is 17.8. The van der Waals surface area contributed by atoms with Crippen molar-refractivity contribution in [2.45, 2.75) is 33.2 Å². The maximum absolute atomic E-state index is 5.91. The molecule has 2 aromatic heterocycles. The molecule has 0 aromatic carbocycles. The van der Waals surface area contributed by atoms with Crippen molar-refractivity contribution < 1.29 is 9.15 Å². The van der Waals surface area contributed by atoms with E-state index in [-0.39, 0.29) is 6.04 Å². The highest BCUT2D eigenvalue weighted by Crippen LogP contribution is 2.26. The van der Waals surface area contributed by atoms with Crippen LogP contribution >= 0.6 is 0 Å². The van der Waals surface area contributed by atoms with E-state index in [0.717, 1.165) is 61.3 Å². The van der Waals surface area contributed by atoms with Crippen LogP contribution in [0.15, 0.2) is 16.5 Å². The molecular formula is C18H27N5O2. The van der Waals surface area contributed by atoms with Gasteiger partial charge in [-0.25, -0.2) is 4.98 Å². The number of morpholine rings is 1. The van der Waals surface area contributed by atoms with Crippen LogP contribution < -0.4 is 11.1 Å². The second-order valence-corrected chi connectivity index (χ2v) is 6.34. The van der Waals surface area contributed by atoms with Crippen LogP contribution in [0.1, 0.15) is 35.7 Å². The molecule has 1 aliphatic rings. The third kappa shape index (κ3) is 4.11. The molecule has 3 heterocycles. The lowest BCUT2D eigenvalue weighted by atomic mass is 10.1. The largest absolute Gasteiger partial charge is 0.465 e. The Balaban J connectivity index is 1.81. The van der Waals surface area contributed by atoms with Crippen molar-refractivity contribution in [1.29, 1.82) is 0 Å². The van der Waals surface area contributed by atoms with Gasteiger partial charge < -0.3 is 20.2 Å². The van der Waals surface area contributed by atoms with Crippen LogP contribution in [-0.4, -0.2) is 47.7 Å². The number of nitrogen functional groups attached to an aromatic ring is 1. The second kappa shape index (κ2) is 7.84. The molecule has 1 aliphatic heterocycles. The number of nitrogens with one attached hydrogen (secondary N) is 1. The average Bonchev–Trinajstić information content (AvgIpc) is 3.02. The molecule has 7 heteroatoms. The molecule has 3 N–H and O–H groups in total. The van der Waals surface area contributed by atoms with Crippen molar-refractivity contribution in [2.75, 3.05) is 43.9 Å². The van der Waals surface area contributed by atoms with Gasteiger partial charge in [0.1, 0.15) is 17.3 Å². The molecule has 136 valence electrons. The summed E-state index contributed by atoms with van der Waals surface area (Å²) in [4.78, 5) is 11.1. The predicted molar refractivity (Wildman–Crippen MR) is 97.6 cm³/mol. The maximum atomic E-state index is 5.91. The minimum Gasteiger partial charge on any atom is -0.465 e. The molecular weight excluding hydrogens is 318 g/mol. The number of nitrogens with zero attached hydrogens (tertiary/aromatic N) is 3. The van der Waals surface area contributed by atoms with E-state index in [1.165, 1.54) is 0 Å². The normalized spacial score (nSPS) is 16.8. The lowest BCUT2D eigenvalue weighted by molar-refractivity contribution is 0.0143. The first-order valence-corrected chi connectivity index (χ1v) is 8.83. The number of rotatable bonds is 6. The van der Waals surface area contributed by atoms with Gasteiger partial charge in [0.25, 0.3) is 0 Å². The summed E-state index contributed by atoms with van der Waals surface area (Å²) in [5.41, 5.74) is 7.87. The third-order valence-electron chi connectivity index (χ3n) is 4.62. The van der Waals surface area contributed by atoms with E-state index in [2.05, 4.69) is 33.2 Å². The van der Waals surface area contributed by atoms with E-state index in [9.17, 15) is 0 Å². The highest BCUT2D eigenvalue weighted by atomic mass is 16.5. The molecule has 0 saturated carbocycles. The summed E-state index contributed by atoms with van der Waals surface area (Å²) in [6, 6.07) is 4.18. The minimum absolute atomic E-state index is 0.124. The van der Waals surface area contributed by atoms with Crippen LogP contribution in [0.25, 0.3) is 0 Å². The summed E-state index contributed by atoms with van der Waals surface area (Å²) in [5, 5.41) is 3.48. The number of hydrogen-bond donors (Lipinski definition) is 2. The fraction of sp³-hybridized carbons (Fsp3) is 0.556. The van der Waals surface area contributed by atoms with E-state index >= 15 is 0 Å². The molecule has 1 atom stereocenters. The van der Waals surface area contributed by atoms with Crippen molar-refractivity contribution in [1.82, 2.24) is 14.9 Å². The van der Waals surface area contributed by atoms with Gasteiger partial charge in [0.15, 0.2) is 0 Å². The van der Waals surface area contributed by atoms with Crippen LogP contribution in [0.4, 0.5) is 11.8 Å². The van der Waals surface area contributed by atoms with E-state index in [1.54, 1.807) is 0 Å². The first kappa shape index (κ1) is 17.7. The highest BCUT2D eigenvalue weighted by Gasteiger charge is 2.25. The molecule has 0 bridgehead atoms. The topological polar surface area (TPSA) is 89.4 Å². The Kier molecular flexibility index (Phi) is 5.55. The van der Waals surface area contributed by atoms with Crippen LogP contribution in [0, 0.1) is 13.8 Å². The first-order valence-electron chi connectivity index (χ1n) is 8.83. The number of anilines is 2. The molecule has 0 spiro atoms. The zero-order valence-electron chi connectivity index (χ0n) is 15.2. The third-order valence-corrected chi connectivity index (χ3v) is 4.62. The SMILES string of the molecule is CCc1c(C)nc(N)nc1NC[C@H](c1ccc(C)o1)N1CCOCC1. The zero-order valence-corrected chi connectivity index (χ0v) is 15.2. The van der Waals surface area contributed by atoms with E-state index < -0.39 is 0 Å². The fourth-order valence-corrected chi connectivity index (χ4v) is 3.31. The van der Waals surface area contributed by atoms with Gasteiger partial charge in [-0.1, -0.05) is 6.92 Å². The van der Waals surface area contributed by atoms with Gasteiger partial charge in [0.2, 0.25) is 5.95 Å². The van der Waals surface area contributed by atoms with Crippen LogP contribution in [0.3, 0.4) is 0 Å². The van der Waals surface area contributed by atoms with Gasteiger partial charge in [0, 0.05) is 30.9 Å². The molecule has 0 radical (unpaired) electrons. The molecule has 2 aromatic rings. The minimum atomic E-state index is 0.124. The van der Waals surface area contributed by atoms with Gasteiger partial charge in [-0.3, -0.25) is 4.90 Å². The summed E-state index contributed by atoms with van der Waals surface area (Å²) >= 11 is 0. The van der Waals surface area contributed by atoms with Crippen molar-refractivity contribution in [3.63, 3.8) is 0 Å². The fourth-order valence-electron chi connectivity index (χ4n) is 3.31. The van der Waals surface area contributed by atoms with Crippen molar-refractivity contribution in [3.8, 4) is 0 Å². The Morgan fingerprint density at radius 1 is 1.24 bits per heavy atom. The first-order chi connectivity index (χ1) is 12.1. The van der Waals surface area contributed by atoms with Gasteiger partial charge in [-0.15, -0.1) is 0 Å². The van der Waals surface area contributed by atoms with Crippen molar-refractivity contribution >= 4 is 11.8 Å². The molecule has 0 amide bonds. The summed E-state index contributed by atoms with van der Waals surface area (Å²) in [7, 11) is 0. The summed E-state index contributed by atoms with van der Waals surface area (Å²) in [6.07, 6.45) is 0.858. The molecule has 3 rings (SSSR count). The van der Waals surface area contributed by atoms with E-state index in [0.29, 0.717) is 12.5 Å². The van der Waals surface area contributed by atoms with Crippen LogP contribution in [-0.2, 0) is 11.2 Å². The van der Waals surface area contributed by atoms with E-state index in [1.807, 2.05) is 19.9 Å². The number of nitrogens with two attached hydrogens (primary N) is 1. The Morgan fingerprint density at radius 2 is 2.00 bits per heavy atom. The van der Waals surface area contributed by atoms with Gasteiger partial charge in [-0.05, 0) is 32.4 Å².